The van der Waals surface area contributed by atoms with Crippen LogP contribution in [0.15, 0.2) is 18.2 Å². The van der Waals surface area contributed by atoms with Crippen LogP contribution in [-0.4, -0.2) is 11.9 Å². The molecule has 0 fully saturated rings. The summed E-state index contributed by atoms with van der Waals surface area (Å²) in [5.74, 6) is -0.307. The molecule has 0 spiro atoms. The maximum atomic E-state index is 12.9. The van der Waals surface area contributed by atoms with E-state index in [2.05, 4.69) is 5.32 Å². The van der Waals surface area contributed by atoms with Gasteiger partial charge in [0.1, 0.15) is 5.82 Å². The van der Waals surface area contributed by atoms with E-state index < -0.39 is 11.9 Å². The maximum Gasteiger partial charge on any atom is 0.237 e. The van der Waals surface area contributed by atoms with Gasteiger partial charge in [-0.05, 0) is 30.0 Å². The summed E-state index contributed by atoms with van der Waals surface area (Å²) in [6.07, 6.45) is 0.635. The number of carbonyl (C=O) groups excluding carboxylic acids is 1. The van der Waals surface area contributed by atoms with Crippen molar-refractivity contribution in [2.75, 3.05) is 0 Å². The van der Waals surface area contributed by atoms with Crippen molar-refractivity contribution in [3.8, 4) is 0 Å². The molecule has 0 aromatic heterocycles. The second-order valence-corrected chi connectivity index (χ2v) is 5.11. The van der Waals surface area contributed by atoms with E-state index in [0.29, 0.717) is 18.9 Å². The number of amides is 1. The van der Waals surface area contributed by atoms with E-state index in [0.717, 1.165) is 5.56 Å². The number of nitrogens with two attached hydrogens (primary N) is 1. The van der Waals surface area contributed by atoms with Gasteiger partial charge in [0, 0.05) is 6.54 Å². The highest BCUT2D eigenvalue weighted by molar-refractivity contribution is 6.30. The smallest absolute Gasteiger partial charge is 0.237 e. The first-order valence-corrected chi connectivity index (χ1v) is 6.25. The highest BCUT2D eigenvalue weighted by Crippen LogP contribution is 2.15. The molecule has 1 aromatic carbocycles. The van der Waals surface area contributed by atoms with Gasteiger partial charge in [-0.25, -0.2) is 4.39 Å². The first kappa shape index (κ1) is 14.9. The zero-order valence-electron chi connectivity index (χ0n) is 10.5. The average Bonchev–Trinajstić information content (AvgIpc) is 2.29. The van der Waals surface area contributed by atoms with Crippen LogP contribution in [0.5, 0.6) is 0 Å². The van der Waals surface area contributed by atoms with Crippen LogP contribution in [0.1, 0.15) is 25.8 Å². The summed E-state index contributed by atoms with van der Waals surface area (Å²) in [6.45, 7) is 4.31. The molecule has 0 aliphatic heterocycles. The van der Waals surface area contributed by atoms with Gasteiger partial charge >= 0.3 is 0 Å². The highest BCUT2D eigenvalue weighted by atomic mass is 35.5. The van der Waals surface area contributed by atoms with E-state index in [1.807, 2.05) is 13.8 Å². The van der Waals surface area contributed by atoms with Crippen molar-refractivity contribution in [2.24, 2.45) is 11.7 Å². The SMILES string of the molecule is CC(C)CC(N)C(=O)NCc1ccc(F)c(Cl)c1. The molecular formula is C13H18ClFN2O. The molecule has 18 heavy (non-hydrogen) atoms. The van der Waals surface area contributed by atoms with Crippen molar-refractivity contribution in [3.05, 3.63) is 34.6 Å². The van der Waals surface area contributed by atoms with Crippen molar-refractivity contribution < 1.29 is 9.18 Å². The fraction of sp³-hybridized carbons (Fsp3) is 0.462. The molecule has 0 aliphatic carbocycles. The minimum Gasteiger partial charge on any atom is -0.351 e. The Morgan fingerprint density at radius 2 is 2.17 bits per heavy atom. The zero-order chi connectivity index (χ0) is 13.7. The first-order valence-electron chi connectivity index (χ1n) is 5.87. The molecule has 3 N–H and O–H groups in total. The fourth-order valence-corrected chi connectivity index (χ4v) is 1.79. The fourth-order valence-electron chi connectivity index (χ4n) is 1.58. The highest BCUT2D eigenvalue weighted by Gasteiger charge is 2.14. The minimum absolute atomic E-state index is 0.0493. The van der Waals surface area contributed by atoms with Crippen LogP contribution in [0.2, 0.25) is 5.02 Å². The van der Waals surface area contributed by atoms with Crippen LogP contribution in [0.3, 0.4) is 0 Å². The third kappa shape index (κ3) is 4.63. The summed E-state index contributed by atoms with van der Waals surface area (Å²) in [5, 5.41) is 2.76. The minimum atomic E-state index is -0.513. The Bertz CT molecular complexity index is 423. The lowest BCUT2D eigenvalue weighted by atomic mass is 10.0. The van der Waals surface area contributed by atoms with Gasteiger partial charge in [-0.3, -0.25) is 4.79 Å². The molecule has 1 rings (SSSR count). The lowest BCUT2D eigenvalue weighted by molar-refractivity contribution is -0.122. The lowest BCUT2D eigenvalue weighted by Gasteiger charge is -2.14. The quantitative estimate of drug-likeness (QED) is 0.865. The van der Waals surface area contributed by atoms with Crippen molar-refractivity contribution in [3.63, 3.8) is 0 Å². The molecule has 0 heterocycles. The molecule has 3 nitrogen and oxygen atoms in total. The Kier molecular flexibility index (Phi) is 5.56. The normalized spacial score (nSPS) is 12.6. The van der Waals surface area contributed by atoms with E-state index >= 15 is 0 Å². The Morgan fingerprint density at radius 1 is 1.50 bits per heavy atom. The van der Waals surface area contributed by atoms with Gasteiger partial charge in [0.05, 0.1) is 11.1 Å². The van der Waals surface area contributed by atoms with Crippen molar-refractivity contribution >= 4 is 17.5 Å². The standard InChI is InChI=1S/C13H18ClFN2O/c1-8(2)5-12(16)13(18)17-7-9-3-4-11(15)10(14)6-9/h3-4,6,8,12H,5,7,16H2,1-2H3,(H,17,18). The summed E-state index contributed by atoms with van der Waals surface area (Å²) < 4.78 is 12.9. The van der Waals surface area contributed by atoms with E-state index in [9.17, 15) is 9.18 Å². The summed E-state index contributed by atoms with van der Waals surface area (Å²) in [6, 6.07) is 3.83. The van der Waals surface area contributed by atoms with E-state index in [1.54, 1.807) is 6.07 Å². The molecule has 0 aliphatic rings. The van der Waals surface area contributed by atoms with Crippen LogP contribution < -0.4 is 11.1 Å². The molecule has 5 heteroatoms. The number of hydrogen-bond donors (Lipinski definition) is 2. The molecule has 0 saturated carbocycles. The van der Waals surface area contributed by atoms with Crippen LogP contribution >= 0.6 is 11.6 Å². The van der Waals surface area contributed by atoms with Crippen LogP contribution in [0.4, 0.5) is 4.39 Å². The average molecular weight is 273 g/mol. The first-order chi connectivity index (χ1) is 8.40. The van der Waals surface area contributed by atoms with Gasteiger partial charge in [0.15, 0.2) is 0 Å². The van der Waals surface area contributed by atoms with E-state index in [4.69, 9.17) is 17.3 Å². The Balaban J connectivity index is 2.49. The third-order valence-corrected chi connectivity index (χ3v) is 2.80. The van der Waals surface area contributed by atoms with Gasteiger partial charge in [0.2, 0.25) is 5.91 Å². The molecule has 1 amide bonds. The molecule has 1 atom stereocenters. The zero-order valence-corrected chi connectivity index (χ0v) is 11.3. The molecule has 100 valence electrons. The predicted molar refractivity (Wildman–Crippen MR) is 70.7 cm³/mol. The monoisotopic (exact) mass is 272 g/mol. The number of carbonyl (C=O) groups is 1. The number of benzene rings is 1. The van der Waals surface area contributed by atoms with Gasteiger partial charge in [-0.1, -0.05) is 31.5 Å². The van der Waals surface area contributed by atoms with Crippen LogP contribution in [0.25, 0.3) is 0 Å². The lowest BCUT2D eigenvalue weighted by Crippen LogP contribution is -2.41. The third-order valence-electron chi connectivity index (χ3n) is 2.51. The van der Waals surface area contributed by atoms with Crippen molar-refractivity contribution in [1.29, 1.82) is 0 Å². The molecule has 0 bridgehead atoms. The number of halogens is 2. The summed E-state index contributed by atoms with van der Waals surface area (Å²) in [7, 11) is 0. The number of rotatable bonds is 5. The summed E-state index contributed by atoms with van der Waals surface area (Å²) >= 11 is 5.65. The Hall–Kier alpha value is -1.13. The summed E-state index contributed by atoms with van der Waals surface area (Å²) in [5.41, 5.74) is 6.48. The molecule has 0 radical (unpaired) electrons. The van der Waals surface area contributed by atoms with Crippen molar-refractivity contribution in [1.82, 2.24) is 5.32 Å². The summed E-state index contributed by atoms with van der Waals surface area (Å²) in [4.78, 5) is 11.7. The van der Waals surface area contributed by atoms with Crippen LogP contribution in [-0.2, 0) is 11.3 Å². The van der Waals surface area contributed by atoms with Crippen LogP contribution in [0, 0.1) is 11.7 Å². The largest absolute Gasteiger partial charge is 0.351 e. The number of hydrogen-bond acceptors (Lipinski definition) is 2. The second kappa shape index (κ2) is 6.71. The number of nitrogens with one attached hydrogen (secondary N) is 1. The topological polar surface area (TPSA) is 55.1 Å². The molecule has 1 aromatic rings. The second-order valence-electron chi connectivity index (χ2n) is 4.70. The van der Waals surface area contributed by atoms with E-state index in [-0.39, 0.29) is 10.9 Å². The Labute approximate surface area is 112 Å². The van der Waals surface area contributed by atoms with Gasteiger partial charge in [0.25, 0.3) is 0 Å². The Morgan fingerprint density at radius 3 is 2.72 bits per heavy atom. The van der Waals surface area contributed by atoms with E-state index in [1.165, 1.54) is 12.1 Å². The molecule has 0 saturated heterocycles. The predicted octanol–water partition coefficient (Wildman–Crippen LogP) is 2.47. The maximum absolute atomic E-state index is 12.9. The van der Waals surface area contributed by atoms with Gasteiger partial charge in [-0.15, -0.1) is 0 Å². The van der Waals surface area contributed by atoms with Gasteiger partial charge < -0.3 is 11.1 Å². The van der Waals surface area contributed by atoms with Crippen molar-refractivity contribution in [2.45, 2.75) is 32.9 Å². The van der Waals surface area contributed by atoms with Gasteiger partial charge in [-0.2, -0.15) is 0 Å². The molecule has 1 unspecified atom stereocenters. The molecular weight excluding hydrogens is 255 g/mol.